The standard InChI is InChI=1S/C14H13FN2O3S/c1-16-12(18)6-7-17-13(19)11(21-14(17)20)8-9-2-4-10(15)5-3-9/h2-5,8H,6-7H2,1H3,(H,16,18). The first-order valence-electron chi connectivity index (χ1n) is 6.23. The first-order valence-corrected chi connectivity index (χ1v) is 7.04. The number of thioether (sulfide) groups is 1. The van der Waals surface area contributed by atoms with Crippen LogP contribution >= 0.6 is 11.8 Å². The minimum absolute atomic E-state index is 0.0467. The second-order valence-corrected chi connectivity index (χ2v) is 5.30. The van der Waals surface area contributed by atoms with Crippen LogP contribution in [-0.2, 0) is 9.59 Å². The van der Waals surface area contributed by atoms with E-state index in [0.29, 0.717) is 5.56 Å². The van der Waals surface area contributed by atoms with Crippen LogP contribution in [0.2, 0.25) is 0 Å². The average Bonchev–Trinajstić information content (AvgIpc) is 2.73. The average molecular weight is 308 g/mol. The van der Waals surface area contributed by atoms with Crippen LogP contribution in [0, 0.1) is 5.82 Å². The van der Waals surface area contributed by atoms with E-state index in [0.717, 1.165) is 16.7 Å². The number of imide groups is 1. The van der Waals surface area contributed by atoms with Crippen LogP contribution in [0.4, 0.5) is 9.18 Å². The van der Waals surface area contributed by atoms with E-state index in [1.165, 1.54) is 37.4 Å². The fraction of sp³-hybridized carbons (Fsp3) is 0.214. The number of halogens is 1. The van der Waals surface area contributed by atoms with Crippen molar-refractivity contribution < 1.29 is 18.8 Å². The third-order valence-corrected chi connectivity index (χ3v) is 3.79. The van der Waals surface area contributed by atoms with Crippen LogP contribution in [0.15, 0.2) is 29.2 Å². The molecule has 0 unspecified atom stereocenters. The van der Waals surface area contributed by atoms with Gasteiger partial charge in [0.05, 0.1) is 4.91 Å². The van der Waals surface area contributed by atoms with E-state index in [-0.39, 0.29) is 29.6 Å². The zero-order valence-electron chi connectivity index (χ0n) is 11.3. The Morgan fingerprint density at radius 3 is 2.62 bits per heavy atom. The van der Waals surface area contributed by atoms with Crippen LogP contribution in [0.3, 0.4) is 0 Å². The van der Waals surface area contributed by atoms with Crippen LogP contribution < -0.4 is 5.32 Å². The number of nitrogens with zero attached hydrogens (tertiary/aromatic N) is 1. The van der Waals surface area contributed by atoms with Gasteiger partial charge < -0.3 is 5.32 Å². The number of hydrogen-bond donors (Lipinski definition) is 1. The van der Waals surface area contributed by atoms with Gasteiger partial charge in [0.25, 0.3) is 11.1 Å². The van der Waals surface area contributed by atoms with Gasteiger partial charge in [0.15, 0.2) is 0 Å². The van der Waals surface area contributed by atoms with Gasteiger partial charge in [0, 0.05) is 20.0 Å². The summed E-state index contributed by atoms with van der Waals surface area (Å²) in [7, 11) is 1.49. The van der Waals surface area contributed by atoms with Gasteiger partial charge >= 0.3 is 0 Å². The van der Waals surface area contributed by atoms with Gasteiger partial charge in [-0.3, -0.25) is 19.3 Å². The summed E-state index contributed by atoms with van der Waals surface area (Å²) in [6.07, 6.45) is 1.60. The molecule has 0 aliphatic carbocycles. The first-order chi connectivity index (χ1) is 10.0. The van der Waals surface area contributed by atoms with Crippen molar-refractivity contribution in [1.29, 1.82) is 0 Å². The monoisotopic (exact) mass is 308 g/mol. The Morgan fingerprint density at radius 1 is 1.33 bits per heavy atom. The molecule has 1 fully saturated rings. The molecule has 1 aliphatic rings. The van der Waals surface area contributed by atoms with Crippen molar-refractivity contribution >= 4 is 34.9 Å². The molecule has 21 heavy (non-hydrogen) atoms. The number of nitrogens with one attached hydrogen (secondary N) is 1. The Bertz CT molecular complexity index is 613. The van der Waals surface area contributed by atoms with Crippen molar-refractivity contribution in [3.05, 3.63) is 40.6 Å². The van der Waals surface area contributed by atoms with E-state index in [1.807, 2.05) is 0 Å². The van der Waals surface area contributed by atoms with Crippen molar-refractivity contribution in [2.45, 2.75) is 6.42 Å². The van der Waals surface area contributed by atoms with Crippen molar-refractivity contribution in [2.75, 3.05) is 13.6 Å². The number of amides is 3. The summed E-state index contributed by atoms with van der Waals surface area (Å²) in [5.74, 6) is -1.04. The molecule has 5 nitrogen and oxygen atoms in total. The van der Waals surface area contributed by atoms with E-state index in [1.54, 1.807) is 0 Å². The Balaban J connectivity index is 2.10. The maximum absolute atomic E-state index is 12.8. The maximum Gasteiger partial charge on any atom is 0.293 e. The molecule has 7 heteroatoms. The van der Waals surface area contributed by atoms with Gasteiger partial charge in [0.1, 0.15) is 5.82 Å². The highest BCUT2D eigenvalue weighted by atomic mass is 32.2. The molecule has 0 atom stereocenters. The molecule has 0 aromatic heterocycles. The van der Waals surface area contributed by atoms with Crippen molar-refractivity contribution in [3.63, 3.8) is 0 Å². The SMILES string of the molecule is CNC(=O)CCN1C(=O)SC(=Cc2ccc(F)cc2)C1=O. The Labute approximate surface area is 125 Å². The number of rotatable bonds is 4. The molecule has 110 valence electrons. The van der Waals surface area contributed by atoms with Gasteiger partial charge in [0.2, 0.25) is 5.91 Å². The lowest BCUT2D eigenvalue weighted by atomic mass is 10.2. The maximum atomic E-state index is 12.8. The quantitative estimate of drug-likeness (QED) is 0.864. The Kier molecular flexibility index (Phi) is 4.74. The number of carbonyl (C=O) groups excluding carboxylic acids is 3. The molecular formula is C14H13FN2O3S. The van der Waals surface area contributed by atoms with Crippen LogP contribution in [0.1, 0.15) is 12.0 Å². The van der Waals surface area contributed by atoms with Crippen LogP contribution in [0.25, 0.3) is 6.08 Å². The summed E-state index contributed by atoms with van der Waals surface area (Å²) in [5.41, 5.74) is 0.633. The third-order valence-electron chi connectivity index (χ3n) is 2.88. The summed E-state index contributed by atoms with van der Waals surface area (Å²) in [6.45, 7) is 0.0467. The lowest BCUT2D eigenvalue weighted by Crippen LogP contribution is -2.32. The predicted octanol–water partition coefficient (Wildman–Crippen LogP) is 2.00. The largest absolute Gasteiger partial charge is 0.359 e. The fourth-order valence-corrected chi connectivity index (χ4v) is 2.61. The van der Waals surface area contributed by atoms with E-state index in [2.05, 4.69) is 5.32 Å². The topological polar surface area (TPSA) is 66.5 Å². The number of hydrogen-bond acceptors (Lipinski definition) is 4. The van der Waals surface area contributed by atoms with E-state index in [9.17, 15) is 18.8 Å². The molecule has 0 saturated carbocycles. The predicted molar refractivity (Wildman–Crippen MR) is 77.8 cm³/mol. The van der Waals surface area contributed by atoms with Crippen LogP contribution in [0.5, 0.6) is 0 Å². The van der Waals surface area contributed by atoms with Gasteiger partial charge in [-0.05, 0) is 35.5 Å². The highest BCUT2D eigenvalue weighted by molar-refractivity contribution is 8.18. The highest BCUT2D eigenvalue weighted by Gasteiger charge is 2.34. The number of benzene rings is 1. The third kappa shape index (κ3) is 3.69. The molecule has 0 spiro atoms. The zero-order valence-corrected chi connectivity index (χ0v) is 12.1. The van der Waals surface area contributed by atoms with Crippen LogP contribution in [-0.4, -0.2) is 35.5 Å². The van der Waals surface area contributed by atoms with Gasteiger partial charge in [-0.1, -0.05) is 12.1 Å². The molecule has 1 aromatic carbocycles. The molecule has 2 rings (SSSR count). The van der Waals surface area contributed by atoms with E-state index < -0.39 is 11.1 Å². The normalized spacial score (nSPS) is 16.7. The van der Waals surface area contributed by atoms with Gasteiger partial charge in [-0.15, -0.1) is 0 Å². The molecule has 1 aliphatic heterocycles. The first kappa shape index (κ1) is 15.2. The summed E-state index contributed by atoms with van der Waals surface area (Å²) in [6, 6.07) is 5.60. The zero-order chi connectivity index (χ0) is 15.4. The van der Waals surface area contributed by atoms with E-state index >= 15 is 0 Å². The molecular weight excluding hydrogens is 295 g/mol. The molecule has 1 saturated heterocycles. The van der Waals surface area contributed by atoms with E-state index in [4.69, 9.17) is 0 Å². The Morgan fingerprint density at radius 2 is 2.00 bits per heavy atom. The minimum Gasteiger partial charge on any atom is -0.359 e. The van der Waals surface area contributed by atoms with Crippen molar-refractivity contribution in [1.82, 2.24) is 10.2 Å². The summed E-state index contributed by atoms with van der Waals surface area (Å²) in [5, 5.41) is 2.02. The smallest absolute Gasteiger partial charge is 0.293 e. The molecule has 1 N–H and O–H groups in total. The second-order valence-electron chi connectivity index (χ2n) is 4.31. The summed E-state index contributed by atoms with van der Waals surface area (Å²) < 4.78 is 12.8. The van der Waals surface area contributed by atoms with Crippen molar-refractivity contribution in [3.8, 4) is 0 Å². The van der Waals surface area contributed by atoms with Gasteiger partial charge in [-0.2, -0.15) is 0 Å². The molecule has 1 aromatic rings. The fourth-order valence-electron chi connectivity index (χ4n) is 1.74. The van der Waals surface area contributed by atoms with Gasteiger partial charge in [-0.25, -0.2) is 4.39 Å². The summed E-state index contributed by atoms with van der Waals surface area (Å²) in [4.78, 5) is 36.3. The van der Waals surface area contributed by atoms with Crippen molar-refractivity contribution in [2.24, 2.45) is 0 Å². The molecule has 0 bridgehead atoms. The molecule has 1 heterocycles. The highest BCUT2D eigenvalue weighted by Crippen LogP contribution is 2.32. The lowest BCUT2D eigenvalue weighted by molar-refractivity contribution is -0.124. The number of carbonyl (C=O) groups is 3. The molecule has 3 amide bonds. The molecule has 0 radical (unpaired) electrons. The second kappa shape index (κ2) is 6.53. The summed E-state index contributed by atoms with van der Waals surface area (Å²) >= 11 is 0.813. The lowest BCUT2D eigenvalue weighted by Gasteiger charge is -2.11. The minimum atomic E-state index is -0.432. The Hall–Kier alpha value is -2.15.